The zero-order valence-corrected chi connectivity index (χ0v) is 26.5. The lowest BCUT2D eigenvalue weighted by molar-refractivity contribution is -0.127. The number of nitriles is 1. The van der Waals surface area contributed by atoms with Crippen molar-refractivity contribution in [2.45, 2.75) is 35.6 Å². The van der Waals surface area contributed by atoms with Crippen LogP contribution in [0.5, 0.6) is 11.5 Å². The maximum atomic E-state index is 15.6. The molecule has 13 heteroatoms. The summed E-state index contributed by atoms with van der Waals surface area (Å²) in [6, 6.07) is 16.6. The number of aromatic nitrogens is 1. The molecule has 0 bridgehead atoms. The maximum Gasteiger partial charge on any atom is 0.271 e. The number of oxazole rings is 1. The zero-order chi connectivity index (χ0) is 32.8. The standard InChI is InChI=1S/C33H32FN5O6S/c1-37(2)19-22-6-12-30(44-4)27(16-22)33(38-20-23(34)17-29(38)31-36-13-14-45-31)26-15-21(18-35)5-11-28(26)39(32(33)40)46(41,42)25-9-7-24(43-3)8-10-25/h5-16,23,29H,17,19-20H2,1-4H3/t23-,29+,33?/m1/s1. The molecule has 2 aliphatic heterocycles. The Bertz CT molecular complexity index is 1930. The molecule has 3 atom stereocenters. The highest BCUT2D eigenvalue weighted by Crippen LogP contribution is 2.57. The van der Waals surface area contributed by atoms with E-state index in [-0.39, 0.29) is 46.3 Å². The predicted octanol–water partition coefficient (Wildman–Crippen LogP) is 4.39. The monoisotopic (exact) mass is 645 g/mol. The number of benzene rings is 3. The van der Waals surface area contributed by atoms with Crippen molar-refractivity contribution >= 4 is 21.6 Å². The predicted molar refractivity (Wildman–Crippen MR) is 165 cm³/mol. The first-order valence-corrected chi connectivity index (χ1v) is 15.9. The minimum atomic E-state index is -4.55. The van der Waals surface area contributed by atoms with E-state index in [0.717, 1.165) is 9.87 Å². The van der Waals surface area contributed by atoms with Crippen LogP contribution in [0.2, 0.25) is 0 Å². The molecule has 46 heavy (non-hydrogen) atoms. The van der Waals surface area contributed by atoms with E-state index in [1.807, 2.05) is 25.1 Å². The van der Waals surface area contributed by atoms with Gasteiger partial charge < -0.3 is 18.8 Å². The minimum Gasteiger partial charge on any atom is -0.497 e. The van der Waals surface area contributed by atoms with Gasteiger partial charge in [-0.05, 0) is 74.3 Å². The van der Waals surface area contributed by atoms with Crippen LogP contribution in [0.4, 0.5) is 10.1 Å². The van der Waals surface area contributed by atoms with Gasteiger partial charge in [0.1, 0.15) is 23.9 Å². The van der Waals surface area contributed by atoms with Crippen molar-refractivity contribution < 1.29 is 31.5 Å². The van der Waals surface area contributed by atoms with Gasteiger partial charge in [-0.2, -0.15) is 5.26 Å². The number of anilines is 1. The van der Waals surface area contributed by atoms with Crippen molar-refractivity contribution in [3.8, 4) is 17.6 Å². The molecule has 1 saturated heterocycles. The van der Waals surface area contributed by atoms with Crippen LogP contribution in [0.3, 0.4) is 0 Å². The first-order valence-electron chi connectivity index (χ1n) is 14.5. The molecule has 0 radical (unpaired) electrons. The number of likely N-dealkylation sites (tertiary alicyclic amines) is 1. The number of rotatable bonds is 9. The SMILES string of the molecule is COc1ccc(S(=O)(=O)N2C(=O)C(c3cc(CN(C)C)ccc3OC)(N3C[C@H](F)C[C@H]3c3ncco3)c3cc(C#N)ccc32)cc1. The summed E-state index contributed by atoms with van der Waals surface area (Å²) in [5.41, 5.74) is -0.463. The summed E-state index contributed by atoms with van der Waals surface area (Å²) in [6.07, 6.45) is 1.33. The molecule has 1 fully saturated rings. The fourth-order valence-corrected chi connectivity index (χ4v) is 7.98. The molecular formula is C33H32FN5O6S. The third-order valence-corrected chi connectivity index (χ3v) is 10.1. The third-order valence-electron chi connectivity index (χ3n) is 8.40. The Labute approximate surface area is 266 Å². The van der Waals surface area contributed by atoms with Gasteiger partial charge >= 0.3 is 0 Å². The number of carbonyl (C=O) groups excluding carboxylic acids is 1. The Kier molecular flexibility index (Phi) is 8.05. The molecule has 1 amide bonds. The van der Waals surface area contributed by atoms with E-state index in [2.05, 4.69) is 11.1 Å². The number of carbonyl (C=O) groups is 1. The Morgan fingerprint density at radius 1 is 1.09 bits per heavy atom. The summed E-state index contributed by atoms with van der Waals surface area (Å²) >= 11 is 0. The van der Waals surface area contributed by atoms with Gasteiger partial charge in [0.25, 0.3) is 15.9 Å². The number of amides is 1. The molecular weight excluding hydrogens is 613 g/mol. The highest BCUT2D eigenvalue weighted by molar-refractivity contribution is 7.93. The van der Waals surface area contributed by atoms with Gasteiger partial charge in [0.05, 0.1) is 48.7 Å². The fourth-order valence-electron chi connectivity index (χ4n) is 6.52. The van der Waals surface area contributed by atoms with Crippen LogP contribution in [-0.2, 0) is 26.9 Å². The Hall–Kier alpha value is -4.77. The molecule has 0 aliphatic carbocycles. The van der Waals surface area contributed by atoms with Crippen molar-refractivity contribution in [1.82, 2.24) is 14.8 Å². The van der Waals surface area contributed by atoms with Gasteiger partial charge in [-0.3, -0.25) is 9.69 Å². The fraction of sp³-hybridized carbons (Fsp3) is 0.303. The van der Waals surface area contributed by atoms with Gasteiger partial charge in [-0.25, -0.2) is 22.1 Å². The van der Waals surface area contributed by atoms with Crippen molar-refractivity contribution in [2.75, 3.05) is 39.2 Å². The van der Waals surface area contributed by atoms with E-state index in [1.165, 1.54) is 69.1 Å². The van der Waals surface area contributed by atoms with Crippen LogP contribution in [0.25, 0.3) is 0 Å². The van der Waals surface area contributed by atoms with Gasteiger partial charge in [0.2, 0.25) is 5.89 Å². The number of fused-ring (bicyclic) bond motifs is 1. The molecule has 4 aromatic rings. The van der Waals surface area contributed by atoms with E-state index >= 15 is 9.18 Å². The lowest BCUT2D eigenvalue weighted by Crippen LogP contribution is -2.55. The summed E-state index contributed by atoms with van der Waals surface area (Å²) in [7, 11) is 2.14. The van der Waals surface area contributed by atoms with Crippen LogP contribution in [0.15, 0.2) is 82.4 Å². The van der Waals surface area contributed by atoms with Crippen LogP contribution >= 0.6 is 0 Å². The van der Waals surface area contributed by atoms with Gasteiger partial charge in [0.15, 0.2) is 5.54 Å². The number of halogens is 1. The first kappa shape index (κ1) is 31.2. The molecule has 0 saturated carbocycles. The van der Waals surface area contributed by atoms with E-state index in [0.29, 0.717) is 17.9 Å². The molecule has 0 spiro atoms. The minimum absolute atomic E-state index is 0.0355. The molecule has 1 aromatic heterocycles. The molecule has 11 nitrogen and oxygen atoms in total. The van der Waals surface area contributed by atoms with Crippen molar-refractivity contribution in [2.24, 2.45) is 0 Å². The van der Waals surface area contributed by atoms with Crippen molar-refractivity contribution in [3.05, 3.63) is 101 Å². The lowest BCUT2D eigenvalue weighted by atomic mass is 9.79. The molecule has 0 N–H and O–H groups in total. The van der Waals surface area contributed by atoms with Gasteiger partial charge in [-0.1, -0.05) is 6.07 Å². The van der Waals surface area contributed by atoms with Gasteiger partial charge in [0, 0.05) is 30.6 Å². The Morgan fingerprint density at radius 3 is 2.48 bits per heavy atom. The average Bonchev–Trinajstić information content (AvgIpc) is 3.77. The number of nitrogens with zero attached hydrogens (tertiary/aromatic N) is 5. The van der Waals surface area contributed by atoms with E-state index in [1.54, 1.807) is 17.0 Å². The summed E-state index contributed by atoms with van der Waals surface area (Å²) in [4.78, 5) is 23.1. The summed E-state index contributed by atoms with van der Waals surface area (Å²) < 4.78 is 62.1. The number of hydrogen-bond acceptors (Lipinski definition) is 10. The van der Waals surface area contributed by atoms with Crippen LogP contribution in [0, 0.1) is 11.3 Å². The second-order valence-corrected chi connectivity index (χ2v) is 13.2. The first-order chi connectivity index (χ1) is 22.1. The lowest BCUT2D eigenvalue weighted by Gasteiger charge is -2.41. The second kappa shape index (κ2) is 11.9. The highest BCUT2D eigenvalue weighted by Gasteiger charge is 2.64. The number of sulfonamides is 1. The quantitative estimate of drug-likeness (QED) is 0.259. The largest absolute Gasteiger partial charge is 0.497 e. The molecule has 6 rings (SSSR count). The molecule has 1 unspecified atom stereocenters. The molecule has 3 heterocycles. The molecule has 3 aromatic carbocycles. The average molecular weight is 646 g/mol. The number of alkyl halides is 1. The topological polar surface area (TPSA) is 129 Å². The Morgan fingerprint density at radius 2 is 1.85 bits per heavy atom. The zero-order valence-electron chi connectivity index (χ0n) is 25.7. The molecule has 2 aliphatic rings. The number of hydrogen-bond donors (Lipinski definition) is 0. The smallest absolute Gasteiger partial charge is 0.271 e. The van der Waals surface area contributed by atoms with Crippen LogP contribution in [0.1, 0.15) is 40.6 Å². The van der Waals surface area contributed by atoms with Crippen molar-refractivity contribution in [3.63, 3.8) is 0 Å². The van der Waals surface area contributed by atoms with Crippen LogP contribution in [-0.4, -0.2) is 70.1 Å². The summed E-state index contributed by atoms with van der Waals surface area (Å²) in [5, 5.41) is 9.97. The normalized spacial score (nSPS) is 21.4. The highest BCUT2D eigenvalue weighted by atomic mass is 32.2. The van der Waals surface area contributed by atoms with E-state index in [4.69, 9.17) is 13.9 Å². The number of methoxy groups -OCH3 is 2. The summed E-state index contributed by atoms with van der Waals surface area (Å²) in [6.45, 7) is 0.224. The van der Waals surface area contributed by atoms with Crippen molar-refractivity contribution in [1.29, 1.82) is 5.26 Å². The third kappa shape index (κ3) is 4.89. The van der Waals surface area contributed by atoms with E-state index in [9.17, 15) is 13.7 Å². The molecule has 238 valence electrons. The number of ether oxygens (including phenoxy) is 2. The maximum absolute atomic E-state index is 15.6. The summed E-state index contributed by atoms with van der Waals surface area (Å²) in [5.74, 6) is 0.00766. The van der Waals surface area contributed by atoms with E-state index < -0.39 is 33.7 Å². The second-order valence-electron chi connectivity index (χ2n) is 11.4. The van der Waals surface area contributed by atoms with Gasteiger partial charge in [-0.15, -0.1) is 0 Å². The van der Waals surface area contributed by atoms with Crippen LogP contribution < -0.4 is 13.8 Å². The Balaban J connectivity index is 1.70.